The van der Waals surface area contributed by atoms with E-state index < -0.39 is 19.7 Å². The summed E-state index contributed by atoms with van der Waals surface area (Å²) in [5, 5.41) is 16.1. The molecule has 6 heterocycles. The Balaban J connectivity index is 0.000000315. The molecule has 8 rings (SSSR count). The number of esters is 1. The first-order chi connectivity index (χ1) is 29.0. The Hall–Kier alpha value is -3.93. The largest absolute Gasteiger partial charge is 1.00 e. The second-order valence-corrected chi connectivity index (χ2v) is 19.9. The molecule has 4 fully saturated rings. The minimum absolute atomic E-state index is 0. The number of hydrogen-bond acceptors (Lipinski definition) is 16. The predicted molar refractivity (Wildman–Crippen MR) is 232 cm³/mol. The third kappa shape index (κ3) is 11.9. The molecule has 0 atom stereocenters. The summed E-state index contributed by atoms with van der Waals surface area (Å²) in [6.45, 7) is 7.79. The Kier molecular flexibility index (Phi) is 17.5. The molecule has 18 nitrogen and oxygen atoms in total. The second kappa shape index (κ2) is 21.4. The van der Waals surface area contributed by atoms with Crippen LogP contribution in [0.15, 0.2) is 80.3 Å². The molecule has 4 aliphatic rings. The number of aliphatic hydroxyl groups is 2. The zero-order valence-corrected chi connectivity index (χ0v) is 39.9. The third-order valence-electron chi connectivity index (χ3n) is 10.8. The Morgan fingerprint density at radius 2 is 1.11 bits per heavy atom. The number of carbonyl (C=O) groups is 1. The number of sulfone groups is 2. The molecule has 2 aromatic carbocycles. The van der Waals surface area contributed by atoms with Gasteiger partial charge in [0.05, 0.1) is 71.5 Å². The SMILES string of the molecule is CCOC(=O)CCc1cn(-c2ccc(S(C)(=O)=O)cc2)c(=O)c(N2CC3(COC3)C2)n1.CO.CS(=O)(=O)c1ccc(-n2cc(CCCO)nc(N3CC4(COC4)C3)c2=O)cc1.[B].[H-].[Na+]. The number of aryl methyl sites for hydroxylation is 2. The zero-order chi connectivity index (χ0) is 44.2. The van der Waals surface area contributed by atoms with Crippen LogP contribution in [-0.2, 0) is 51.5 Å². The molecule has 3 radical (unpaired) electrons. The van der Waals surface area contributed by atoms with Gasteiger partial charge in [0.2, 0.25) is 0 Å². The number of ether oxygens (including phenoxy) is 3. The van der Waals surface area contributed by atoms with Crippen molar-refractivity contribution in [1.82, 2.24) is 19.1 Å². The minimum Gasteiger partial charge on any atom is -1.00 e. The maximum Gasteiger partial charge on any atom is 1.00 e. The fourth-order valence-corrected chi connectivity index (χ4v) is 8.76. The van der Waals surface area contributed by atoms with Crippen LogP contribution < -0.4 is 50.5 Å². The number of nitrogens with zero attached hydrogens (tertiary/aromatic N) is 6. The summed E-state index contributed by atoms with van der Waals surface area (Å²) < 4.78 is 65.4. The standard InChI is InChI=1S/C21H25N3O6S.C19H23N3O5S.CH4O.B.Na.H/c1-3-30-18(25)9-4-15-10-24(16-5-7-17(8-6-16)31(2,27)28)20(26)19(22-15)23-11-21(12-23)13-29-14-21;1-28(25,26)16-6-4-15(5-7-16)22-9-14(3-2-8-23)20-17(18(22)24)21-10-19(11-21)12-27-13-19;1-2;;;/h5-8,10H,3-4,9,11-14H2,1-2H3;4-7,9,23H,2-3,8,10-13H2,1H3;2H,1H3;;;/q;;;;+1;-1. The van der Waals surface area contributed by atoms with Gasteiger partial charge in [0.15, 0.2) is 31.3 Å². The molecule has 2 aromatic heterocycles. The number of aliphatic hydroxyl groups excluding tert-OH is 2. The van der Waals surface area contributed by atoms with Gasteiger partial charge in [0.25, 0.3) is 11.1 Å². The number of benzene rings is 2. The predicted octanol–water partition coefficient (Wildman–Crippen LogP) is -2.29. The Morgan fingerprint density at radius 1 is 0.730 bits per heavy atom. The van der Waals surface area contributed by atoms with Crippen LogP contribution in [0.1, 0.15) is 32.6 Å². The number of rotatable bonds is 13. The second-order valence-electron chi connectivity index (χ2n) is 15.8. The number of carbonyl (C=O) groups excluding carboxylic acids is 1. The maximum absolute atomic E-state index is 13.2. The summed E-state index contributed by atoms with van der Waals surface area (Å²) in [5.74, 6) is 0.391. The molecule has 0 bridgehead atoms. The molecule has 335 valence electrons. The van der Waals surface area contributed by atoms with Crippen molar-refractivity contribution in [2.24, 2.45) is 10.8 Å². The first-order valence-corrected chi connectivity index (χ1v) is 23.5. The van der Waals surface area contributed by atoms with Crippen molar-refractivity contribution in [3.8, 4) is 11.4 Å². The first-order valence-electron chi connectivity index (χ1n) is 19.7. The quantitative estimate of drug-likeness (QED) is 0.106. The van der Waals surface area contributed by atoms with Gasteiger partial charge in [0.1, 0.15) is 0 Å². The van der Waals surface area contributed by atoms with Crippen molar-refractivity contribution in [3.05, 3.63) is 93.0 Å². The Labute approximate surface area is 392 Å². The maximum atomic E-state index is 13.2. The van der Waals surface area contributed by atoms with E-state index in [1.54, 1.807) is 43.6 Å². The van der Waals surface area contributed by atoms with Gasteiger partial charge >= 0.3 is 35.5 Å². The van der Waals surface area contributed by atoms with E-state index in [1.165, 1.54) is 33.4 Å². The van der Waals surface area contributed by atoms with Crippen LogP contribution in [0.5, 0.6) is 0 Å². The van der Waals surface area contributed by atoms with E-state index in [2.05, 4.69) is 9.97 Å². The smallest absolute Gasteiger partial charge is 1.00 e. The van der Waals surface area contributed by atoms with Crippen molar-refractivity contribution in [2.45, 2.75) is 42.4 Å². The van der Waals surface area contributed by atoms with E-state index in [-0.39, 0.29) is 90.1 Å². The van der Waals surface area contributed by atoms with Crippen molar-refractivity contribution in [3.63, 3.8) is 0 Å². The van der Waals surface area contributed by atoms with E-state index in [4.69, 9.17) is 24.4 Å². The average molecular weight is 920 g/mol. The fourth-order valence-electron chi connectivity index (χ4n) is 7.50. The van der Waals surface area contributed by atoms with Gasteiger partial charge < -0.3 is 35.7 Å². The van der Waals surface area contributed by atoms with Gasteiger partial charge in [-0.25, -0.2) is 26.8 Å². The molecule has 63 heavy (non-hydrogen) atoms. The normalized spacial score (nSPS) is 16.5. The van der Waals surface area contributed by atoms with Gasteiger partial charge in [-0.1, -0.05) is 0 Å². The summed E-state index contributed by atoms with van der Waals surface area (Å²) in [6, 6.07) is 12.4. The van der Waals surface area contributed by atoms with Crippen LogP contribution in [-0.4, -0.2) is 146 Å². The van der Waals surface area contributed by atoms with E-state index in [9.17, 15) is 31.2 Å². The van der Waals surface area contributed by atoms with Crippen molar-refractivity contribution < 1.29 is 77.0 Å². The van der Waals surface area contributed by atoms with E-state index in [0.29, 0.717) is 86.6 Å². The van der Waals surface area contributed by atoms with Crippen LogP contribution >= 0.6 is 0 Å². The summed E-state index contributed by atoms with van der Waals surface area (Å²) in [6.07, 6.45) is 7.13. The minimum atomic E-state index is -3.34. The topological polar surface area (TPSA) is 230 Å². The fraction of sp³-hybridized carbons (Fsp3) is 0.488. The third-order valence-corrected chi connectivity index (χ3v) is 13.0. The molecule has 22 heteroatoms. The molecule has 0 unspecified atom stereocenters. The molecular weight excluding hydrogens is 866 g/mol. The van der Waals surface area contributed by atoms with Crippen LogP contribution in [0.4, 0.5) is 11.6 Å². The van der Waals surface area contributed by atoms with Crippen molar-refractivity contribution in [1.29, 1.82) is 0 Å². The first kappa shape index (κ1) is 51.7. The molecule has 0 aliphatic carbocycles. The Bertz CT molecular complexity index is 2560. The van der Waals surface area contributed by atoms with Crippen LogP contribution in [0.3, 0.4) is 0 Å². The van der Waals surface area contributed by atoms with Crippen LogP contribution in [0, 0.1) is 10.8 Å². The van der Waals surface area contributed by atoms with E-state index >= 15 is 0 Å². The van der Waals surface area contributed by atoms with Crippen molar-refractivity contribution >= 4 is 45.7 Å². The molecule has 4 aliphatic heterocycles. The van der Waals surface area contributed by atoms with Gasteiger partial charge in [-0.15, -0.1) is 0 Å². The van der Waals surface area contributed by atoms with Gasteiger partial charge in [0, 0.05) is 91.0 Å². The molecule has 2 spiro atoms. The zero-order valence-electron chi connectivity index (χ0n) is 37.2. The molecule has 4 aromatic rings. The number of hydrogen-bond donors (Lipinski definition) is 2. The average Bonchev–Trinajstić information content (AvgIpc) is 3.16. The van der Waals surface area contributed by atoms with E-state index in [1.807, 2.05) is 9.80 Å². The number of anilines is 2. The van der Waals surface area contributed by atoms with Gasteiger partial charge in [-0.2, -0.15) is 0 Å². The van der Waals surface area contributed by atoms with Crippen LogP contribution in [0.25, 0.3) is 11.4 Å². The molecule has 0 amide bonds. The van der Waals surface area contributed by atoms with E-state index in [0.717, 1.165) is 45.9 Å². The molecule has 0 saturated carbocycles. The summed E-state index contributed by atoms with van der Waals surface area (Å²) >= 11 is 0. The molecule has 4 saturated heterocycles. The van der Waals surface area contributed by atoms with Crippen molar-refractivity contribution in [2.75, 3.05) is 95.2 Å². The molecule has 2 N–H and O–H groups in total. The monoisotopic (exact) mass is 919 g/mol. The number of aromatic nitrogens is 4. The Morgan fingerprint density at radius 3 is 1.43 bits per heavy atom. The van der Waals surface area contributed by atoms with Gasteiger partial charge in [-0.3, -0.25) is 23.5 Å². The van der Waals surface area contributed by atoms with Crippen LogP contribution in [0.2, 0.25) is 0 Å². The summed E-state index contributed by atoms with van der Waals surface area (Å²) in [4.78, 5) is 51.5. The summed E-state index contributed by atoms with van der Waals surface area (Å²) in [5.41, 5.74) is 2.13. The summed E-state index contributed by atoms with van der Waals surface area (Å²) in [7, 11) is -5.65. The van der Waals surface area contributed by atoms with Gasteiger partial charge in [-0.05, 0) is 68.3 Å². The molecular formula is C41H53BN6NaO12S2.